The van der Waals surface area contributed by atoms with Gasteiger partial charge in [-0.25, -0.2) is 4.79 Å². The standard InChI is InChI=1S/C15H25N5O9/c1-6(16)12(25)19-8(4-10(17)22)14(27)18-7(2-3-11(23)24)13(26)20-9(5-21)15(28)29/h6-9,21H,2-5,16H2,1H3,(H2,17,22)(H,18,27)(H,19,25)(H,20,26)(H,23,24)(H,28,29). The van der Waals surface area contributed by atoms with Crippen molar-refractivity contribution in [2.24, 2.45) is 11.5 Å². The Bertz CT molecular complexity index is 652. The Hall–Kier alpha value is -3.26. The third kappa shape index (κ3) is 10.0. The molecule has 0 aromatic carbocycles. The number of nitrogens with two attached hydrogens (primary N) is 2. The average Bonchev–Trinajstić information content (AvgIpc) is 2.60. The number of amides is 4. The van der Waals surface area contributed by atoms with E-state index in [2.05, 4.69) is 10.6 Å². The molecule has 4 atom stereocenters. The van der Waals surface area contributed by atoms with Crippen molar-refractivity contribution in [3.8, 4) is 0 Å². The van der Waals surface area contributed by atoms with Gasteiger partial charge in [-0.3, -0.25) is 24.0 Å². The number of carbonyl (C=O) groups excluding carboxylic acids is 4. The van der Waals surface area contributed by atoms with Gasteiger partial charge >= 0.3 is 11.9 Å². The van der Waals surface area contributed by atoms with Crippen LogP contribution >= 0.6 is 0 Å². The summed E-state index contributed by atoms with van der Waals surface area (Å²) in [6.07, 6.45) is -1.64. The van der Waals surface area contributed by atoms with Gasteiger partial charge in [-0.2, -0.15) is 0 Å². The van der Waals surface area contributed by atoms with Gasteiger partial charge in [0.05, 0.1) is 19.1 Å². The molecule has 0 aliphatic heterocycles. The van der Waals surface area contributed by atoms with Gasteiger partial charge in [0.25, 0.3) is 0 Å². The summed E-state index contributed by atoms with van der Waals surface area (Å²) in [5, 5.41) is 32.9. The van der Waals surface area contributed by atoms with Crippen LogP contribution in [0, 0.1) is 0 Å². The second-order valence-corrected chi connectivity index (χ2v) is 6.10. The fraction of sp³-hybridized carbons (Fsp3) is 0.600. The van der Waals surface area contributed by atoms with Crippen molar-refractivity contribution in [2.45, 2.75) is 50.4 Å². The summed E-state index contributed by atoms with van der Waals surface area (Å²) >= 11 is 0. The summed E-state index contributed by atoms with van der Waals surface area (Å²) in [5.41, 5.74) is 10.4. The van der Waals surface area contributed by atoms with Gasteiger partial charge in [-0.05, 0) is 13.3 Å². The van der Waals surface area contributed by atoms with Crippen LogP contribution in [0.1, 0.15) is 26.2 Å². The van der Waals surface area contributed by atoms with Crippen molar-refractivity contribution < 1.29 is 44.1 Å². The minimum absolute atomic E-state index is 0.435. The molecule has 0 rings (SSSR count). The number of carbonyl (C=O) groups is 6. The first-order chi connectivity index (χ1) is 13.4. The van der Waals surface area contributed by atoms with Crippen molar-refractivity contribution in [2.75, 3.05) is 6.61 Å². The molecule has 0 saturated carbocycles. The van der Waals surface area contributed by atoms with Gasteiger partial charge < -0.3 is 42.7 Å². The Morgan fingerprint density at radius 2 is 1.34 bits per heavy atom. The van der Waals surface area contributed by atoms with Crippen LogP contribution in [0.4, 0.5) is 0 Å². The Labute approximate surface area is 165 Å². The lowest BCUT2D eigenvalue weighted by molar-refractivity contribution is -0.144. The number of hydrogen-bond acceptors (Lipinski definition) is 8. The molecule has 14 nitrogen and oxygen atoms in total. The molecule has 10 N–H and O–H groups in total. The van der Waals surface area contributed by atoms with Crippen molar-refractivity contribution in [1.29, 1.82) is 0 Å². The van der Waals surface area contributed by atoms with Crippen molar-refractivity contribution in [3.05, 3.63) is 0 Å². The summed E-state index contributed by atoms with van der Waals surface area (Å²) in [6, 6.07) is -5.75. The molecule has 0 aromatic heterocycles. The quantitative estimate of drug-likeness (QED) is 0.142. The minimum Gasteiger partial charge on any atom is -0.481 e. The van der Waals surface area contributed by atoms with E-state index in [1.54, 1.807) is 0 Å². The molecule has 0 heterocycles. The number of aliphatic hydroxyl groups is 1. The fourth-order valence-electron chi connectivity index (χ4n) is 1.98. The van der Waals surface area contributed by atoms with Gasteiger partial charge in [0.2, 0.25) is 23.6 Å². The van der Waals surface area contributed by atoms with Crippen LogP contribution in [0.15, 0.2) is 0 Å². The molecular formula is C15H25N5O9. The van der Waals surface area contributed by atoms with Crippen molar-refractivity contribution >= 4 is 35.6 Å². The van der Waals surface area contributed by atoms with Crippen LogP contribution in [-0.2, 0) is 28.8 Å². The van der Waals surface area contributed by atoms with Gasteiger partial charge in [-0.15, -0.1) is 0 Å². The van der Waals surface area contributed by atoms with Gasteiger partial charge in [0, 0.05) is 6.42 Å². The molecular weight excluding hydrogens is 394 g/mol. The van der Waals surface area contributed by atoms with Crippen LogP contribution in [0.5, 0.6) is 0 Å². The average molecular weight is 419 g/mol. The SMILES string of the molecule is CC(N)C(=O)NC(CC(N)=O)C(=O)NC(CCC(=O)O)C(=O)NC(CO)C(=O)O. The lowest BCUT2D eigenvalue weighted by Crippen LogP contribution is -2.57. The number of carboxylic acids is 2. The Morgan fingerprint density at radius 1 is 0.862 bits per heavy atom. The third-order valence-corrected chi connectivity index (χ3v) is 3.53. The second kappa shape index (κ2) is 12.2. The van der Waals surface area contributed by atoms with E-state index in [0.29, 0.717) is 0 Å². The van der Waals surface area contributed by atoms with E-state index in [0.717, 1.165) is 0 Å². The summed E-state index contributed by atoms with van der Waals surface area (Å²) in [7, 11) is 0. The maximum absolute atomic E-state index is 12.4. The largest absolute Gasteiger partial charge is 0.481 e. The monoisotopic (exact) mass is 419 g/mol. The summed E-state index contributed by atoms with van der Waals surface area (Å²) in [5.74, 6) is -6.72. The Kier molecular flexibility index (Phi) is 10.9. The van der Waals surface area contributed by atoms with Crippen LogP contribution in [0.2, 0.25) is 0 Å². The van der Waals surface area contributed by atoms with Crippen molar-refractivity contribution in [3.63, 3.8) is 0 Å². The number of primary amides is 1. The van der Waals surface area contributed by atoms with Gasteiger partial charge in [-0.1, -0.05) is 0 Å². The molecule has 0 radical (unpaired) electrons. The molecule has 29 heavy (non-hydrogen) atoms. The molecule has 0 saturated heterocycles. The molecule has 4 unspecified atom stereocenters. The van der Waals surface area contributed by atoms with Gasteiger partial charge in [0.1, 0.15) is 18.1 Å². The topological polar surface area (TPSA) is 251 Å². The second-order valence-electron chi connectivity index (χ2n) is 6.10. The highest BCUT2D eigenvalue weighted by molar-refractivity contribution is 5.96. The normalized spacial score (nSPS) is 14.6. The van der Waals surface area contributed by atoms with E-state index in [9.17, 15) is 28.8 Å². The first-order valence-electron chi connectivity index (χ1n) is 8.39. The fourth-order valence-corrected chi connectivity index (χ4v) is 1.98. The van der Waals surface area contributed by atoms with Crippen LogP contribution in [0.25, 0.3) is 0 Å². The Morgan fingerprint density at radius 3 is 1.76 bits per heavy atom. The highest BCUT2D eigenvalue weighted by Crippen LogP contribution is 2.02. The number of aliphatic carboxylic acids is 2. The summed E-state index contributed by atoms with van der Waals surface area (Å²) in [4.78, 5) is 69.3. The molecule has 14 heteroatoms. The van der Waals surface area contributed by atoms with E-state index in [-0.39, 0.29) is 0 Å². The molecule has 0 fully saturated rings. The molecule has 0 aliphatic rings. The number of carboxylic acid groups (broad SMARTS) is 2. The number of aliphatic hydroxyl groups excluding tert-OH is 1. The zero-order valence-corrected chi connectivity index (χ0v) is 15.6. The zero-order chi connectivity index (χ0) is 22.7. The van der Waals surface area contributed by atoms with E-state index in [4.69, 9.17) is 26.8 Å². The third-order valence-electron chi connectivity index (χ3n) is 3.53. The molecule has 0 aliphatic carbocycles. The maximum Gasteiger partial charge on any atom is 0.328 e. The van der Waals surface area contributed by atoms with Crippen molar-refractivity contribution in [1.82, 2.24) is 16.0 Å². The lowest BCUT2D eigenvalue weighted by atomic mass is 10.1. The lowest BCUT2D eigenvalue weighted by Gasteiger charge is -2.23. The Balaban J connectivity index is 5.42. The molecule has 164 valence electrons. The molecule has 4 amide bonds. The summed E-state index contributed by atoms with van der Waals surface area (Å²) < 4.78 is 0. The van der Waals surface area contributed by atoms with E-state index < -0.39 is 85.6 Å². The van der Waals surface area contributed by atoms with Crippen LogP contribution in [-0.4, -0.2) is 81.7 Å². The van der Waals surface area contributed by atoms with Crippen LogP contribution < -0.4 is 27.4 Å². The highest BCUT2D eigenvalue weighted by Gasteiger charge is 2.30. The highest BCUT2D eigenvalue weighted by atomic mass is 16.4. The van der Waals surface area contributed by atoms with E-state index in [1.807, 2.05) is 5.32 Å². The number of rotatable bonds is 13. The molecule has 0 spiro atoms. The minimum atomic E-state index is -1.69. The first kappa shape index (κ1) is 25.7. The number of hydrogen-bond donors (Lipinski definition) is 8. The zero-order valence-electron chi connectivity index (χ0n) is 15.6. The predicted octanol–water partition coefficient (Wildman–Crippen LogP) is -4.39. The first-order valence-corrected chi connectivity index (χ1v) is 8.39. The smallest absolute Gasteiger partial charge is 0.328 e. The van der Waals surface area contributed by atoms with Gasteiger partial charge in [0.15, 0.2) is 0 Å². The predicted molar refractivity (Wildman–Crippen MR) is 94.8 cm³/mol. The number of nitrogens with one attached hydrogen (secondary N) is 3. The van der Waals surface area contributed by atoms with E-state index in [1.165, 1.54) is 6.92 Å². The molecule has 0 bridgehead atoms. The van der Waals surface area contributed by atoms with E-state index >= 15 is 0 Å². The maximum atomic E-state index is 12.4. The van der Waals surface area contributed by atoms with Crippen LogP contribution in [0.3, 0.4) is 0 Å². The summed E-state index contributed by atoms with van der Waals surface area (Å²) in [6.45, 7) is 0.369. The molecule has 0 aromatic rings.